The maximum atomic E-state index is 5.20. The van der Waals surface area contributed by atoms with Crippen molar-refractivity contribution >= 4 is 0 Å². The lowest BCUT2D eigenvalue weighted by molar-refractivity contribution is 0.329. The van der Waals surface area contributed by atoms with Crippen LogP contribution in [0.15, 0.2) is 12.1 Å². The first-order valence-electron chi connectivity index (χ1n) is 4.05. The number of hydrogen-bond acceptors (Lipinski definition) is 2. The summed E-state index contributed by atoms with van der Waals surface area (Å²) in [6.07, 6.45) is 0. The summed E-state index contributed by atoms with van der Waals surface area (Å²) in [5, 5.41) is 0. The molecule has 0 atom stereocenters. The fourth-order valence-corrected chi connectivity index (χ4v) is 0.834. The second-order valence-corrected chi connectivity index (χ2v) is 2.17. The molecule has 2 radical (unpaired) electrons. The van der Waals surface area contributed by atoms with Crippen molar-refractivity contribution in [1.29, 1.82) is 0 Å². The molecule has 0 aliphatic rings. The van der Waals surface area contributed by atoms with E-state index in [1.54, 1.807) is 12.1 Å². The molecule has 0 aromatic heterocycles. The first kappa shape index (κ1) is 8.91. The minimum absolute atomic E-state index is 0.651. The lowest BCUT2D eigenvalue weighted by atomic mass is 10.3. The molecule has 0 unspecified atom stereocenters. The van der Waals surface area contributed by atoms with E-state index in [2.05, 4.69) is 12.1 Å². The van der Waals surface area contributed by atoms with Gasteiger partial charge in [0.05, 0.1) is 13.2 Å². The van der Waals surface area contributed by atoms with Crippen LogP contribution < -0.4 is 9.47 Å². The summed E-state index contributed by atoms with van der Waals surface area (Å²) in [6, 6.07) is 9.35. The molecule has 0 saturated carbocycles. The van der Waals surface area contributed by atoms with E-state index in [4.69, 9.17) is 9.47 Å². The number of hydrogen-bond donors (Lipinski definition) is 0. The maximum absolute atomic E-state index is 5.20. The van der Waals surface area contributed by atoms with Gasteiger partial charge >= 0.3 is 0 Å². The van der Waals surface area contributed by atoms with Gasteiger partial charge in [-0.3, -0.25) is 0 Å². The Morgan fingerprint density at radius 1 is 1.00 bits per heavy atom. The molecule has 1 aromatic carbocycles. The van der Waals surface area contributed by atoms with Gasteiger partial charge < -0.3 is 9.47 Å². The third-order valence-electron chi connectivity index (χ3n) is 1.29. The second kappa shape index (κ2) is 4.65. The van der Waals surface area contributed by atoms with Gasteiger partial charge in [-0.1, -0.05) is 0 Å². The molecule has 1 rings (SSSR count). The molecule has 12 heavy (non-hydrogen) atoms. The van der Waals surface area contributed by atoms with Gasteiger partial charge in [0.1, 0.15) is 11.5 Å². The zero-order chi connectivity index (χ0) is 8.81. The molecule has 0 bridgehead atoms. The van der Waals surface area contributed by atoms with Crippen LogP contribution in [0.1, 0.15) is 13.8 Å². The van der Waals surface area contributed by atoms with Crippen molar-refractivity contribution in [2.24, 2.45) is 0 Å². The van der Waals surface area contributed by atoms with E-state index in [1.807, 2.05) is 13.8 Å². The summed E-state index contributed by atoms with van der Waals surface area (Å²) in [5.41, 5.74) is 0. The van der Waals surface area contributed by atoms with Crippen molar-refractivity contribution < 1.29 is 9.47 Å². The highest BCUT2D eigenvalue weighted by Crippen LogP contribution is 2.15. The van der Waals surface area contributed by atoms with E-state index in [0.29, 0.717) is 24.7 Å². The van der Waals surface area contributed by atoms with Crippen LogP contribution in [0.2, 0.25) is 0 Å². The fourth-order valence-electron chi connectivity index (χ4n) is 0.834. The van der Waals surface area contributed by atoms with Crippen LogP contribution >= 0.6 is 0 Å². The van der Waals surface area contributed by atoms with Gasteiger partial charge in [-0.15, -0.1) is 0 Å². The van der Waals surface area contributed by atoms with Crippen molar-refractivity contribution in [2.45, 2.75) is 13.8 Å². The van der Waals surface area contributed by atoms with Gasteiger partial charge in [0, 0.05) is 12.1 Å². The highest BCUT2D eigenvalue weighted by Gasteiger charge is 1.94. The minimum Gasteiger partial charge on any atom is -0.493 e. The van der Waals surface area contributed by atoms with Crippen LogP contribution in [0.3, 0.4) is 0 Å². The highest BCUT2D eigenvalue weighted by molar-refractivity contribution is 5.28. The van der Waals surface area contributed by atoms with E-state index < -0.39 is 0 Å². The average molecular weight is 164 g/mol. The van der Waals surface area contributed by atoms with E-state index in [0.717, 1.165) is 0 Å². The maximum Gasteiger partial charge on any atom is 0.128 e. The SMILES string of the molecule is CCOc1[c]cc(OCC)[c]c1. The van der Waals surface area contributed by atoms with Crippen LogP contribution in [-0.2, 0) is 0 Å². The van der Waals surface area contributed by atoms with Crippen LogP contribution in [0.4, 0.5) is 0 Å². The zero-order valence-corrected chi connectivity index (χ0v) is 7.39. The van der Waals surface area contributed by atoms with Gasteiger partial charge in [0.2, 0.25) is 0 Å². The predicted molar refractivity (Wildman–Crippen MR) is 46.5 cm³/mol. The molecule has 0 heterocycles. The first-order valence-corrected chi connectivity index (χ1v) is 4.05. The quantitative estimate of drug-likeness (QED) is 0.678. The summed E-state index contributed by atoms with van der Waals surface area (Å²) in [4.78, 5) is 0. The smallest absolute Gasteiger partial charge is 0.128 e. The van der Waals surface area contributed by atoms with Gasteiger partial charge in [0.15, 0.2) is 0 Å². The first-order chi connectivity index (χ1) is 5.86. The summed E-state index contributed by atoms with van der Waals surface area (Å²) in [7, 11) is 0. The molecule has 64 valence electrons. The number of rotatable bonds is 4. The Morgan fingerprint density at radius 2 is 1.42 bits per heavy atom. The highest BCUT2D eigenvalue weighted by atomic mass is 16.5. The molecule has 0 spiro atoms. The van der Waals surface area contributed by atoms with Crippen molar-refractivity contribution in [3.63, 3.8) is 0 Å². The monoisotopic (exact) mass is 164 g/mol. The topological polar surface area (TPSA) is 18.5 Å². The molecule has 0 N–H and O–H groups in total. The number of benzene rings is 1. The molecule has 0 amide bonds. The van der Waals surface area contributed by atoms with Crippen molar-refractivity contribution in [1.82, 2.24) is 0 Å². The Balaban J connectivity index is 2.58. The van der Waals surface area contributed by atoms with Gasteiger partial charge in [-0.25, -0.2) is 0 Å². The molecule has 2 heteroatoms. The molecule has 0 fully saturated rings. The van der Waals surface area contributed by atoms with Gasteiger partial charge in [-0.2, -0.15) is 0 Å². The summed E-state index contributed by atoms with van der Waals surface area (Å²) < 4.78 is 10.4. The Morgan fingerprint density at radius 3 is 1.67 bits per heavy atom. The van der Waals surface area contributed by atoms with E-state index in [1.165, 1.54) is 0 Å². The van der Waals surface area contributed by atoms with Gasteiger partial charge in [-0.05, 0) is 26.0 Å². The van der Waals surface area contributed by atoms with Crippen LogP contribution in [-0.4, -0.2) is 13.2 Å². The second-order valence-electron chi connectivity index (χ2n) is 2.17. The van der Waals surface area contributed by atoms with Crippen LogP contribution in [0.5, 0.6) is 11.5 Å². The molecule has 0 aliphatic carbocycles. The van der Waals surface area contributed by atoms with Gasteiger partial charge in [0.25, 0.3) is 0 Å². The largest absolute Gasteiger partial charge is 0.493 e. The minimum atomic E-state index is 0.651. The molecule has 0 aliphatic heterocycles. The van der Waals surface area contributed by atoms with Crippen molar-refractivity contribution in [3.05, 3.63) is 24.3 Å². The Kier molecular flexibility index (Phi) is 3.45. The number of ether oxygens (including phenoxy) is 2. The normalized spacial score (nSPS) is 9.50. The standard InChI is InChI=1S/C10H12O2/c1-3-11-9-5-7-10(8-6-9)12-4-2/h5,8H,3-4H2,1-2H3. The molecule has 1 aromatic rings. The molecular formula is C10H12O2. The average Bonchev–Trinajstić information content (AvgIpc) is 2.09. The van der Waals surface area contributed by atoms with Crippen LogP contribution in [0.25, 0.3) is 0 Å². The Labute approximate surface area is 73.1 Å². The predicted octanol–water partition coefficient (Wildman–Crippen LogP) is 2.08. The Bertz CT molecular complexity index is 191. The van der Waals surface area contributed by atoms with E-state index in [9.17, 15) is 0 Å². The fraction of sp³-hybridized carbons (Fsp3) is 0.400. The third-order valence-corrected chi connectivity index (χ3v) is 1.29. The molecular weight excluding hydrogens is 152 g/mol. The van der Waals surface area contributed by atoms with Crippen molar-refractivity contribution in [3.8, 4) is 11.5 Å². The van der Waals surface area contributed by atoms with E-state index in [-0.39, 0.29) is 0 Å². The Hall–Kier alpha value is -1.18. The molecule has 2 nitrogen and oxygen atoms in total. The van der Waals surface area contributed by atoms with Crippen molar-refractivity contribution in [2.75, 3.05) is 13.2 Å². The molecule has 0 saturated heterocycles. The lowest BCUT2D eigenvalue weighted by Crippen LogP contribution is -1.93. The van der Waals surface area contributed by atoms with Crippen LogP contribution in [0, 0.1) is 12.1 Å². The zero-order valence-electron chi connectivity index (χ0n) is 7.39. The summed E-state index contributed by atoms with van der Waals surface area (Å²) >= 11 is 0. The lowest BCUT2D eigenvalue weighted by Gasteiger charge is -2.03. The van der Waals surface area contributed by atoms with E-state index >= 15 is 0 Å². The summed E-state index contributed by atoms with van der Waals surface area (Å²) in [5.74, 6) is 1.42. The summed E-state index contributed by atoms with van der Waals surface area (Å²) in [6.45, 7) is 5.17. The third kappa shape index (κ3) is 2.46.